The number of hydrogen-bond donors (Lipinski definition) is 3. The van der Waals surface area contributed by atoms with Crippen LogP contribution in [0.2, 0.25) is 0 Å². The van der Waals surface area contributed by atoms with Crippen molar-refractivity contribution in [2.24, 2.45) is 5.92 Å². The number of benzene rings is 3. The summed E-state index contributed by atoms with van der Waals surface area (Å²) in [4.78, 5) is 12.8. The minimum absolute atomic E-state index is 0.435. The molecule has 0 radical (unpaired) electrons. The van der Waals surface area contributed by atoms with Crippen LogP contribution in [-0.4, -0.2) is 38.8 Å². The summed E-state index contributed by atoms with van der Waals surface area (Å²) in [6.07, 6.45) is 8.05. The molecule has 1 aliphatic carbocycles. The van der Waals surface area contributed by atoms with Crippen LogP contribution in [-0.2, 0) is 22.9 Å². The van der Waals surface area contributed by atoms with Gasteiger partial charge >= 0.3 is 0 Å². The zero-order valence-corrected chi connectivity index (χ0v) is 22.8. The first kappa shape index (κ1) is 28.0. The lowest BCUT2D eigenvalue weighted by Crippen LogP contribution is -2.30. The Balaban J connectivity index is 1.41. The van der Waals surface area contributed by atoms with Crippen molar-refractivity contribution >= 4 is 15.9 Å². The van der Waals surface area contributed by atoms with E-state index in [-0.39, 0.29) is 0 Å². The van der Waals surface area contributed by atoms with Crippen molar-refractivity contribution in [3.05, 3.63) is 95.1 Å². The molecule has 1 saturated carbocycles. The predicted octanol–water partition coefficient (Wildman–Crippen LogP) is 5.03. The van der Waals surface area contributed by atoms with Crippen molar-refractivity contribution in [1.82, 2.24) is 10.0 Å². The molecule has 0 unspecified atom stereocenters. The van der Waals surface area contributed by atoms with Crippen molar-refractivity contribution in [3.63, 3.8) is 0 Å². The topological polar surface area (TPSA) is 95.5 Å². The number of rotatable bonds is 11. The molecular weight excluding hydrogens is 496 g/mol. The summed E-state index contributed by atoms with van der Waals surface area (Å²) in [6, 6.07) is 23.7. The highest BCUT2D eigenvalue weighted by atomic mass is 32.2. The van der Waals surface area contributed by atoms with Crippen LogP contribution in [0.5, 0.6) is 0 Å². The van der Waals surface area contributed by atoms with E-state index in [9.17, 15) is 18.3 Å². The molecule has 0 aromatic heterocycles. The molecular formula is C31H38N2O4S. The molecule has 1 amide bonds. The second-order valence-electron chi connectivity index (χ2n) is 10.4. The first-order valence-corrected chi connectivity index (χ1v) is 15.4. The van der Waals surface area contributed by atoms with Gasteiger partial charge in [0.2, 0.25) is 10.0 Å². The first-order chi connectivity index (χ1) is 18.3. The normalized spacial score (nSPS) is 15.2. The van der Waals surface area contributed by atoms with E-state index >= 15 is 0 Å². The molecule has 202 valence electrons. The summed E-state index contributed by atoms with van der Waals surface area (Å²) in [7, 11) is -3.64. The highest BCUT2D eigenvalue weighted by Gasteiger charge is 2.20. The monoisotopic (exact) mass is 534 g/mol. The maximum Gasteiger partial charge on any atom is 0.264 e. The van der Waals surface area contributed by atoms with E-state index in [1.165, 1.54) is 24.8 Å². The molecule has 1 fully saturated rings. The van der Waals surface area contributed by atoms with Gasteiger partial charge in [-0.25, -0.2) is 13.1 Å². The predicted molar refractivity (Wildman–Crippen MR) is 152 cm³/mol. The fourth-order valence-corrected chi connectivity index (χ4v) is 5.66. The number of nitrogens with one attached hydrogen (secondary N) is 2. The number of aliphatic hydroxyl groups excluding tert-OH is 1. The first-order valence-electron chi connectivity index (χ1n) is 13.5. The number of carbonyl (C=O) groups is 1. The molecule has 38 heavy (non-hydrogen) atoms. The Bertz CT molecular complexity index is 1300. The number of hydrogen-bond acceptors (Lipinski definition) is 5. The number of carbonyl (C=O) groups excluding carboxylic acids is 1. The van der Waals surface area contributed by atoms with Crippen molar-refractivity contribution in [2.45, 2.75) is 51.0 Å². The highest BCUT2D eigenvalue weighted by molar-refractivity contribution is 7.89. The van der Waals surface area contributed by atoms with Crippen LogP contribution in [0.1, 0.15) is 65.3 Å². The third-order valence-corrected chi connectivity index (χ3v) is 7.82. The van der Waals surface area contributed by atoms with E-state index in [4.69, 9.17) is 0 Å². The summed E-state index contributed by atoms with van der Waals surface area (Å²) in [5, 5.41) is 13.6. The molecule has 0 saturated heterocycles. The Kier molecular flexibility index (Phi) is 9.72. The van der Waals surface area contributed by atoms with Crippen LogP contribution in [0.4, 0.5) is 0 Å². The Morgan fingerprint density at radius 3 is 2.32 bits per heavy atom. The average molecular weight is 535 g/mol. The zero-order chi connectivity index (χ0) is 27.0. The van der Waals surface area contributed by atoms with Crippen LogP contribution >= 0.6 is 0 Å². The van der Waals surface area contributed by atoms with Gasteiger partial charge in [0.25, 0.3) is 5.91 Å². The number of amides is 1. The van der Waals surface area contributed by atoms with Gasteiger partial charge in [0.05, 0.1) is 12.4 Å². The third kappa shape index (κ3) is 8.25. The van der Waals surface area contributed by atoms with Crippen molar-refractivity contribution in [3.8, 4) is 11.1 Å². The minimum Gasteiger partial charge on any atom is -0.387 e. The van der Waals surface area contributed by atoms with Gasteiger partial charge in [0.1, 0.15) is 0 Å². The Morgan fingerprint density at radius 1 is 0.947 bits per heavy atom. The number of sulfonamides is 1. The van der Waals surface area contributed by atoms with Gasteiger partial charge in [-0.1, -0.05) is 98.8 Å². The van der Waals surface area contributed by atoms with Gasteiger partial charge in [-0.15, -0.1) is 0 Å². The van der Waals surface area contributed by atoms with E-state index < -0.39 is 22.0 Å². The van der Waals surface area contributed by atoms with Gasteiger partial charge in [0, 0.05) is 12.1 Å². The summed E-state index contributed by atoms with van der Waals surface area (Å²) in [5.41, 5.74) is 5.52. The van der Waals surface area contributed by atoms with Crippen LogP contribution in [0.25, 0.3) is 11.1 Å². The largest absolute Gasteiger partial charge is 0.387 e. The molecule has 0 aliphatic heterocycles. The molecule has 1 atom stereocenters. The fraction of sp³-hybridized carbons (Fsp3) is 0.387. The van der Waals surface area contributed by atoms with Gasteiger partial charge in [-0.3, -0.25) is 4.79 Å². The second kappa shape index (κ2) is 13.2. The van der Waals surface area contributed by atoms with E-state index in [0.717, 1.165) is 60.7 Å². The van der Waals surface area contributed by atoms with Gasteiger partial charge < -0.3 is 10.4 Å². The minimum atomic E-state index is -3.64. The summed E-state index contributed by atoms with van der Waals surface area (Å²) in [5.74, 6) is -0.0517. The van der Waals surface area contributed by atoms with E-state index in [1.54, 1.807) is 6.07 Å². The van der Waals surface area contributed by atoms with Crippen LogP contribution in [0.3, 0.4) is 0 Å². The third-order valence-electron chi connectivity index (χ3n) is 7.26. The molecule has 3 aromatic rings. The molecule has 0 bridgehead atoms. The lowest BCUT2D eigenvalue weighted by atomic mass is 9.83. The maximum atomic E-state index is 12.8. The smallest absolute Gasteiger partial charge is 0.264 e. The molecule has 1 aliphatic rings. The Labute approximate surface area is 226 Å². The van der Waals surface area contributed by atoms with Crippen molar-refractivity contribution in [1.29, 1.82) is 0 Å². The number of aliphatic hydroxyl groups is 1. The molecule has 7 heteroatoms. The quantitative estimate of drug-likeness (QED) is 0.300. The van der Waals surface area contributed by atoms with Crippen molar-refractivity contribution < 1.29 is 18.3 Å². The van der Waals surface area contributed by atoms with Gasteiger partial charge in [0.15, 0.2) is 0 Å². The summed E-state index contributed by atoms with van der Waals surface area (Å²) >= 11 is 0. The van der Waals surface area contributed by atoms with E-state index in [1.807, 2.05) is 42.5 Å². The fourth-order valence-electron chi connectivity index (χ4n) is 5.22. The van der Waals surface area contributed by atoms with E-state index in [0.29, 0.717) is 18.0 Å². The molecule has 3 aromatic carbocycles. The van der Waals surface area contributed by atoms with Crippen LogP contribution in [0.15, 0.2) is 72.8 Å². The molecule has 4 rings (SSSR count). The van der Waals surface area contributed by atoms with Gasteiger partial charge in [-0.2, -0.15) is 0 Å². The summed E-state index contributed by atoms with van der Waals surface area (Å²) in [6.45, 7) is 1.27. The standard InChI is InChI=1S/C31H38N2O4S/c1-38(36,37)33-31(35)29-17-16-27(21-28(29)20-24-8-4-2-5-9-24)25-14-12-23(13-15-25)18-19-32-22-30(34)26-10-6-3-7-11-26/h3,6-7,10-17,21,24,30,32,34H,2,4-5,8-9,18-20,22H2,1H3,(H,33,35)/t30-/m0/s1. The molecule has 6 nitrogen and oxygen atoms in total. The highest BCUT2D eigenvalue weighted by Crippen LogP contribution is 2.30. The molecule has 0 heterocycles. The van der Waals surface area contributed by atoms with Crippen LogP contribution < -0.4 is 10.0 Å². The average Bonchev–Trinajstić information content (AvgIpc) is 2.91. The zero-order valence-electron chi connectivity index (χ0n) is 22.0. The van der Waals surface area contributed by atoms with Crippen molar-refractivity contribution in [2.75, 3.05) is 19.3 Å². The Hall–Kier alpha value is -3.00. The van der Waals surface area contributed by atoms with Gasteiger partial charge in [-0.05, 0) is 59.2 Å². The van der Waals surface area contributed by atoms with E-state index in [2.05, 4.69) is 34.3 Å². The molecule has 0 spiro atoms. The molecule has 3 N–H and O–H groups in total. The van der Waals surface area contributed by atoms with Crippen LogP contribution in [0, 0.1) is 5.92 Å². The Morgan fingerprint density at radius 2 is 1.63 bits per heavy atom. The maximum absolute atomic E-state index is 12.8. The summed E-state index contributed by atoms with van der Waals surface area (Å²) < 4.78 is 25.5. The lowest BCUT2D eigenvalue weighted by molar-refractivity contribution is 0.0980. The second-order valence-corrected chi connectivity index (χ2v) is 12.1. The lowest BCUT2D eigenvalue weighted by Gasteiger charge is -2.23. The SMILES string of the molecule is CS(=O)(=O)NC(=O)c1ccc(-c2ccc(CCNC[C@H](O)c3ccccc3)cc2)cc1CC1CCCCC1.